The van der Waals surface area contributed by atoms with Crippen LogP contribution >= 0.6 is 11.6 Å². The summed E-state index contributed by atoms with van der Waals surface area (Å²) in [6, 6.07) is 21.4. The van der Waals surface area contributed by atoms with E-state index in [1.165, 1.54) is 6.07 Å². The average molecular weight is 498 g/mol. The van der Waals surface area contributed by atoms with E-state index in [1.807, 2.05) is 48.5 Å². The lowest BCUT2D eigenvalue weighted by Gasteiger charge is -2.36. The first-order valence-electron chi connectivity index (χ1n) is 11.5. The van der Waals surface area contributed by atoms with Crippen molar-refractivity contribution in [3.8, 4) is 5.75 Å². The predicted molar refractivity (Wildman–Crippen MR) is 135 cm³/mol. The van der Waals surface area contributed by atoms with Crippen LogP contribution in [-0.2, 0) is 11.3 Å². The Labute approximate surface area is 210 Å². The maximum Gasteiger partial charge on any atom is 0.322 e. The molecule has 1 atom stereocenters. The largest absolute Gasteiger partial charge is 0.497 e. The molecule has 0 aromatic heterocycles. The molecule has 3 aromatic rings. The summed E-state index contributed by atoms with van der Waals surface area (Å²) in [7, 11) is 1.65. The average Bonchev–Trinajstić information content (AvgIpc) is 2.88. The Kier molecular flexibility index (Phi) is 8.58. The molecule has 0 saturated carbocycles. The Morgan fingerprint density at radius 2 is 1.80 bits per heavy atom. The summed E-state index contributed by atoms with van der Waals surface area (Å²) in [5.41, 5.74) is 2.21. The van der Waals surface area contributed by atoms with Crippen LogP contribution in [0, 0.1) is 5.82 Å². The van der Waals surface area contributed by atoms with Crippen LogP contribution in [-0.4, -0.2) is 55.7 Å². The summed E-state index contributed by atoms with van der Waals surface area (Å²) < 4.78 is 25.6. The summed E-state index contributed by atoms with van der Waals surface area (Å²) in [6.45, 7) is 3.54. The number of benzene rings is 3. The van der Waals surface area contributed by atoms with E-state index in [1.54, 1.807) is 30.2 Å². The predicted octanol–water partition coefficient (Wildman–Crippen LogP) is 5.60. The van der Waals surface area contributed by atoms with Gasteiger partial charge in [-0.25, -0.2) is 9.18 Å². The zero-order chi connectivity index (χ0) is 24.6. The van der Waals surface area contributed by atoms with E-state index in [-0.39, 0.29) is 17.8 Å². The van der Waals surface area contributed by atoms with Crippen molar-refractivity contribution in [1.29, 1.82) is 0 Å². The standard InChI is InChI=1S/C27H29ClFN3O3/c1-34-23-9-5-7-21(17-23)26(35-19-20-6-4-8-22(28)16-20)18-31-12-14-32(15-13-31)27(33)30-25-11-3-2-10-24(25)29/h2-11,16-17,26H,12-15,18-19H2,1H3,(H,30,33)/t26-/m0/s1. The molecule has 1 heterocycles. The molecule has 2 amide bonds. The quantitative estimate of drug-likeness (QED) is 0.440. The van der Waals surface area contributed by atoms with Gasteiger partial charge in [-0.2, -0.15) is 0 Å². The van der Waals surface area contributed by atoms with Crippen molar-refractivity contribution in [2.24, 2.45) is 0 Å². The molecular weight excluding hydrogens is 469 g/mol. The number of carbonyl (C=O) groups excluding carboxylic acids is 1. The fraction of sp³-hybridized carbons (Fsp3) is 0.296. The minimum atomic E-state index is -0.447. The van der Waals surface area contributed by atoms with Crippen molar-refractivity contribution in [3.63, 3.8) is 0 Å². The summed E-state index contributed by atoms with van der Waals surface area (Å²) in [4.78, 5) is 16.6. The molecule has 0 spiro atoms. The normalized spacial score (nSPS) is 15.0. The second-order valence-electron chi connectivity index (χ2n) is 8.40. The molecular formula is C27H29ClFN3O3. The van der Waals surface area contributed by atoms with Crippen molar-refractivity contribution in [1.82, 2.24) is 9.80 Å². The summed E-state index contributed by atoms with van der Waals surface area (Å²) in [5.74, 6) is 0.325. The second-order valence-corrected chi connectivity index (χ2v) is 8.84. The summed E-state index contributed by atoms with van der Waals surface area (Å²) >= 11 is 6.13. The monoisotopic (exact) mass is 497 g/mol. The minimum absolute atomic E-state index is 0.187. The summed E-state index contributed by atoms with van der Waals surface area (Å²) in [5, 5.41) is 3.34. The third-order valence-corrected chi connectivity index (χ3v) is 6.24. The van der Waals surface area contributed by atoms with Gasteiger partial charge in [-0.15, -0.1) is 0 Å². The Bertz CT molecular complexity index is 1140. The number of nitrogens with zero attached hydrogens (tertiary/aromatic N) is 2. The first-order chi connectivity index (χ1) is 17.0. The first-order valence-corrected chi connectivity index (χ1v) is 11.9. The van der Waals surface area contributed by atoms with E-state index in [9.17, 15) is 9.18 Å². The summed E-state index contributed by atoms with van der Waals surface area (Å²) in [6.07, 6.45) is -0.192. The third-order valence-electron chi connectivity index (χ3n) is 6.00. The maximum absolute atomic E-state index is 13.9. The highest BCUT2D eigenvalue weighted by atomic mass is 35.5. The second kappa shape index (κ2) is 12.0. The molecule has 1 N–H and O–H groups in total. The van der Waals surface area contributed by atoms with Gasteiger partial charge in [0.25, 0.3) is 0 Å². The molecule has 1 aliphatic rings. The van der Waals surface area contributed by atoms with E-state index in [0.29, 0.717) is 44.4 Å². The van der Waals surface area contributed by atoms with Crippen LogP contribution in [0.25, 0.3) is 0 Å². The lowest BCUT2D eigenvalue weighted by molar-refractivity contribution is 0.00584. The molecule has 0 unspecified atom stereocenters. The van der Waals surface area contributed by atoms with Gasteiger partial charge in [0.1, 0.15) is 11.6 Å². The van der Waals surface area contributed by atoms with Gasteiger partial charge in [0, 0.05) is 37.7 Å². The van der Waals surface area contributed by atoms with Gasteiger partial charge in [0.15, 0.2) is 0 Å². The fourth-order valence-corrected chi connectivity index (χ4v) is 4.26. The van der Waals surface area contributed by atoms with Gasteiger partial charge in [-0.05, 0) is 47.5 Å². The molecule has 1 aliphatic heterocycles. The lowest BCUT2D eigenvalue weighted by atomic mass is 10.1. The number of piperazine rings is 1. The number of nitrogens with one attached hydrogen (secondary N) is 1. The van der Waals surface area contributed by atoms with Crippen LogP contribution in [0.15, 0.2) is 72.8 Å². The number of para-hydroxylation sites is 1. The van der Waals surface area contributed by atoms with E-state index in [2.05, 4.69) is 10.2 Å². The minimum Gasteiger partial charge on any atom is -0.497 e. The highest BCUT2D eigenvalue weighted by Crippen LogP contribution is 2.25. The molecule has 8 heteroatoms. The van der Waals surface area contributed by atoms with Crippen molar-refractivity contribution in [2.75, 3.05) is 45.2 Å². The molecule has 184 valence electrons. The van der Waals surface area contributed by atoms with Crippen molar-refractivity contribution >= 4 is 23.3 Å². The highest BCUT2D eigenvalue weighted by Gasteiger charge is 2.25. The topological polar surface area (TPSA) is 54.0 Å². The van der Waals surface area contributed by atoms with Crippen LogP contribution in [0.2, 0.25) is 5.02 Å². The molecule has 35 heavy (non-hydrogen) atoms. The smallest absolute Gasteiger partial charge is 0.322 e. The van der Waals surface area contributed by atoms with E-state index in [4.69, 9.17) is 21.1 Å². The van der Waals surface area contributed by atoms with E-state index >= 15 is 0 Å². The van der Waals surface area contributed by atoms with E-state index < -0.39 is 5.82 Å². The number of ether oxygens (including phenoxy) is 2. The number of hydrogen-bond donors (Lipinski definition) is 1. The van der Waals surface area contributed by atoms with Crippen molar-refractivity contribution in [2.45, 2.75) is 12.7 Å². The van der Waals surface area contributed by atoms with Gasteiger partial charge in [0.05, 0.1) is 25.5 Å². The number of halogens is 2. The first kappa shape index (κ1) is 25.0. The Morgan fingerprint density at radius 1 is 1.03 bits per heavy atom. The molecule has 4 rings (SSSR count). The molecule has 0 aliphatic carbocycles. The number of carbonyl (C=O) groups is 1. The van der Waals surface area contributed by atoms with Crippen molar-refractivity contribution < 1.29 is 18.7 Å². The number of methoxy groups -OCH3 is 1. The fourth-order valence-electron chi connectivity index (χ4n) is 4.04. The molecule has 0 bridgehead atoms. The SMILES string of the molecule is COc1cccc([C@H](CN2CCN(C(=O)Nc3ccccc3F)CC2)OCc2cccc(Cl)c2)c1. The number of rotatable bonds is 8. The highest BCUT2D eigenvalue weighted by molar-refractivity contribution is 6.30. The van der Waals surface area contributed by atoms with Gasteiger partial charge in [-0.3, -0.25) is 4.90 Å². The van der Waals surface area contributed by atoms with Crippen molar-refractivity contribution in [3.05, 3.63) is 94.8 Å². The molecule has 1 saturated heterocycles. The molecule has 0 radical (unpaired) electrons. The lowest BCUT2D eigenvalue weighted by Crippen LogP contribution is -2.50. The molecule has 6 nitrogen and oxygen atoms in total. The van der Waals surface area contributed by atoms with Gasteiger partial charge in [0.2, 0.25) is 0 Å². The van der Waals surface area contributed by atoms with Gasteiger partial charge < -0.3 is 19.7 Å². The molecule has 1 fully saturated rings. The Hall–Kier alpha value is -3.13. The zero-order valence-electron chi connectivity index (χ0n) is 19.6. The van der Waals surface area contributed by atoms with Crippen LogP contribution in [0.5, 0.6) is 5.75 Å². The van der Waals surface area contributed by atoms with Crippen LogP contribution in [0.4, 0.5) is 14.9 Å². The number of amides is 2. The van der Waals surface area contributed by atoms with Crippen LogP contribution < -0.4 is 10.1 Å². The maximum atomic E-state index is 13.9. The Balaban J connectivity index is 1.38. The number of urea groups is 1. The van der Waals surface area contributed by atoms with Crippen LogP contribution in [0.1, 0.15) is 17.2 Å². The molecule has 3 aromatic carbocycles. The van der Waals surface area contributed by atoms with Gasteiger partial charge >= 0.3 is 6.03 Å². The zero-order valence-corrected chi connectivity index (χ0v) is 20.4. The van der Waals surface area contributed by atoms with Gasteiger partial charge in [-0.1, -0.05) is 48.0 Å². The van der Waals surface area contributed by atoms with E-state index in [0.717, 1.165) is 16.9 Å². The van der Waals surface area contributed by atoms with Crippen LogP contribution in [0.3, 0.4) is 0 Å². The number of anilines is 1. The third kappa shape index (κ3) is 6.94. The number of hydrogen-bond acceptors (Lipinski definition) is 4. The Morgan fingerprint density at radius 3 is 2.54 bits per heavy atom.